The molecule has 0 amide bonds. The first kappa shape index (κ1) is 15.8. The summed E-state index contributed by atoms with van der Waals surface area (Å²) in [7, 11) is -3.21. The van der Waals surface area contributed by atoms with E-state index in [9.17, 15) is 8.42 Å². The lowest BCUT2D eigenvalue weighted by atomic mass is 10.1. The molecule has 2 rings (SSSR count). The topological polar surface area (TPSA) is 58.2 Å². The average Bonchev–Trinajstić information content (AvgIpc) is 3.22. The SMILES string of the molecule is CSCCNS(=O)(=O)Cc1ccc(CNC2CC2)cc1. The summed E-state index contributed by atoms with van der Waals surface area (Å²) < 4.78 is 26.3. The van der Waals surface area contributed by atoms with Crippen molar-refractivity contribution in [2.75, 3.05) is 18.6 Å². The summed E-state index contributed by atoms with van der Waals surface area (Å²) in [5.41, 5.74) is 2.03. The maximum absolute atomic E-state index is 11.9. The Morgan fingerprint density at radius 2 is 1.85 bits per heavy atom. The molecular formula is C14H22N2O2S2. The van der Waals surface area contributed by atoms with Gasteiger partial charge in [0.25, 0.3) is 0 Å². The second-order valence-electron chi connectivity index (χ2n) is 5.12. The van der Waals surface area contributed by atoms with Gasteiger partial charge in [-0.15, -0.1) is 0 Å². The van der Waals surface area contributed by atoms with Crippen molar-refractivity contribution in [3.05, 3.63) is 35.4 Å². The number of hydrogen-bond donors (Lipinski definition) is 2. The minimum absolute atomic E-state index is 0.0533. The first-order chi connectivity index (χ1) is 9.59. The molecule has 1 aromatic rings. The molecule has 0 heterocycles. The Balaban J connectivity index is 1.82. The molecule has 1 aromatic carbocycles. The van der Waals surface area contributed by atoms with Gasteiger partial charge in [-0.05, 0) is 30.2 Å². The standard InChI is InChI=1S/C14H22N2O2S2/c1-19-9-8-16-20(17,18)11-13-4-2-12(3-5-13)10-15-14-6-7-14/h2-5,14-16H,6-11H2,1H3. The highest BCUT2D eigenvalue weighted by molar-refractivity contribution is 7.98. The predicted octanol–water partition coefficient (Wildman–Crippen LogP) is 1.72. The highest BCUT2D eigenvalue weighted by Gasteiger charge is 2.19. The number of benzene rings is 1. The van der Waals surface area contributed by atoms with E-state index in [1.54, 1.807) is 11.8 Å². The van der Waals surface area contributed by atoms with Crippen molar-refractivity contribution in [1.82, 2.24) is 10.0 Å². The fourth-order valence-corrected chi connectivity index (χ4v) is 3.45. The number of nitrogens with one attached hydrogen (secondary N) is 2. The lowest BCUT2D eigenvalue weighted by molar-refractivity contribution is 0.583. The van der Waals surface area contributed by atoms with Crippen LogP contribution in [-0.2, 0) is 22.3 Å². The zero-order valence-electron chi connectivity index (χ0n) is 11.8. The summed E-state index contributed by atoms with van der Waals surface area (Å²) in [5, 5.41) is 3.44. The van der Waals surface area contributed by atoms with Crippen LogP contribution in [0.5, 0.6) is 0 Å². The summed E-state index contributed by atoms with van der Waals surface area (Å²) in [6.45, 7) is 1.36. The third-order valence-corrected chi connectivity index (χ3v) is 5.15. The monoisotopic (exact) mass is 314 g/mol. The van der Waals surface area contributed by atoms with Gasteiger partial charge in [0.05, 0.1) is 5.75 Å². The smallest absolute Gasteiger partial charge is 0.215 e. The van der Waals surface area contributed by atoms with Crippen molar-refractivity contribution in [2.45, 2.75) is 31.2 Å². The van der Waals surface area contributed by atoms with Gasteiger partial charge in [-0.25, -0.2) is 13.1 Å². The maximum Gasteiger partial charge on any atom is 0.215 e. The van der Waals surface area contributed by atoms with Gasteiger partial charge in [0, 0.05) is 24.9 Å². The van der Waals surface area contributed by atoms with Crippen LogP contribution in [0.25, 0.3) is 0 Å². The minimum Gasteiger partial charge on any atom is -0.310 e. The van der Waals surface area contributed by atoms with Crippen LogP contribution >= 0.6 is 11.8 Å². The van der Waals surface area contributed by atoms with Crippen molar-refractivity contribution in [1.29, 1.82) is 0 Å². The van der Waals surface area contributed by atoms with Crippen LogP contribution in [0.1, 0.15) is 24.0 Å². The summed E-state index contributed by atoms with van der Waals surface area (Å²) in [4.78, 5) is 0. The van der Waals surface area contributed by atoms with Gasteiger partial charge in [0.2, 0.25) is 10.0 Å². The third kappa shape index (κ3) is 5.83. The molecule has 1 fully saturated rings. The number of hydrogen-bond acceptors (Lipinski definition) is 4. The van der Waals surface area contributed by atoms with Gasteiger partial charge < -0.3 is 5.32 Å². The Kier molecular flexibility index (Phi) is 5.89. The molecule has 0 aromatic heterocycles. The predicted molar refractivity (Wildman–Crippen MR) is 85.3 cm³/mol. The fraction of sp³-hybridized carbons (Fsp3) is 0.571. The van der Waals surface area contributed by atoms with Crippen molar-refractivity contribution < 1.29 is 8.42 Å². The Morgan fingerprint density at radius 1 is 1.20 bits per heavy atom. The van der Waals surface area contributed by atoms with Crippen LogP contribution in [0.2, 0.25) is 0 Å². The van der Waals surface area contributed by atoms with Crippen LogP contribution in [0.3, 0.4) is 0 Å². The van der Waals surface area contributed by atoms with Crippen molar-refractivity contribution >= 4 is 21.8 Å². The fourth-order valence-electron chi connectivity index (χ4n) is 1.87. The number of sulfonamides is 1. The highest BCUT2D eigenvalue weighted by Crippen LogP contribution is 2.19. The molecule has 112 valence electrons. The normalized spacial score (nSPS) is 15.4. The molecule has 2 N–H and O–H groups in total. The molecule has 0 saturated heterocycles. The van der Waals surface area contributed by atoms with Gasteiger partial charge in [0.15, 0.2) is 0 Å². The van der Waals surface area contributed by atoms with Crippen molar-refractivity contribution in [2.24, 2.45) is 0 Å². The Hall–Kier alpha value is -0.560. The van der Waals surface area contributed by atoms with Gasteiger partial charge in [-0.1, -0.05) is 24.3 Å². The summed E-state index contributed by atoms with van der Waals surface area (Å²) in [6, 6.07) is 8.50. The average molecular weight is 314 g/mol. The number of thioether (sulfide) groups is 1. The zero-order chi connectivity index (χ0) is 14.4. The molecule has 1 aliphatic carbocycles. The molecule has 4 nitrogen and oxygen atoms in total. The Labute approximate surface area is 125 Å². The molecule has 1 saturated carbocycles. The van der Waals surface area contributed by atoms with E-state index < -0.39 is 10.0 Å². The van der Waals surface area contributed by atoms with Crippen LogP contribution in [0, 0.1) is 0 Å². The van der Waals surface area contributed by atoms with Crippen LogP contribution in [0.4, 0.5) is 0 Å². The summed E-state index contributed by atoms with van der Waals surface area (Å²) >= 11 is 1.63. The van der Waals surface area contributed by atoms with E-state index in [-0.39, 0.29) is 5.75 Å². The molecule has 0 aliphatic heterocycles. The lowest BCUT2D eigenvalue weighted by Crippen LogP contribution is -2.27. The molecule has 0 unspecified atom stereocenters. The van der Waals surface area contributed by atoms with Crippen LogP contribution in [0.15, 0.2) is 24.3 Å². The third-order valence-electron chi connectivity index (χ3n) is 3.18. The summed E-state index contributed by atoms with van der Waals surface area (Å²) in [6.07, 6.45) is 4.51. The molecule has 0 spiro atoms. The highest BCUT2D eigenvalue weighted by atomic mass is 32.2. The van der Waals surface area contributed by atoms with Crippen LogP contribution in [-0.4, -0.2) is 33.0 Å². The molecule has 20 heavy (non-hydrogen) atoms. The van der Waals surface area contributed by atoms with Gasteiger partial charge >= 0.3 is 0 Å². The van der Waals surface area contributed by atoms with E-state index in [2.05, 4.69) is 10.0 Å². The second kappa shape index (κ2) is 7.45. The quantitative estimate of drug-likeness (QED) is 0.682. The van der Waals surface area contributed by atoms with Gasteiger partial charge in [-0.2, -0.15) is 11.8 Å². The van der Waals surface area contributed by atoms with E-state index in [1.165, 1.54) is 18.4 Å². The molecule has 0 bridgehead atoms. The summed E-state index contributed by atoms with van der Waals surface area (Å²) in [5.74, 6) is 0.850. The van der Waals surface area contributed by atoms with E-state index >= 15 is 0 Å². The van der Waals surface area contributed by atoms with E-state index in [1.807, 2.05) is 30.5 Å². The van der Waals surface area contributed by atoms with E-state index in [0.29, 0.717) is 12.6 Å². The first-order valence-electron chi connectivity index (χ1n) is 6.86. The van der Waals surface area contributed by atoms with E-state index in [0.717, 1.165) is 17.9 Å². The lowest BCUT2D eigenvalue weighted by Gasteiger charge is -2.07. The molecule has 0 atom stereocenters. The zero-order valence-corrected chi connectivity index (χ0v) is 13.4. The second-order valence-corrected chi connectivity index (χ2v) is 7.91. The molecule has 1 aliphatic rings. The minimum atomic E-state index is -3.21. The van der Waals surface area contributed by atoms with Crippen molar-refractivity contribution in [3.8, 4) is 0 Å². The Bertz CT molecular complexity index is 510. The number of rotatable bonds is 9. The first-order valence-corrected chi connectivity index (χ1v) is 9.91. The Morgan fingerprint density at radius 3 is 2.45 bits per heavy atom. The van der Waals surface area contributed by atoms with Gasteiger partial charge in [-0.3, -0.25) is 0 Å². The largest absolute Gasteiger partial charge is 0.310 e. The molecular weight excluding hydrogens is 292 g/mol. The maximum atomic E-state index is 11.9. The van der Waals surface area contributed by atoms with Gasteiger partial charge in [0.1, 0.15) is 0 Å². The van der Waals surface area contributed by atoms with Crippen molar-refractivity contribution in [3.63, 3.8) is 0 Å². The van der Waals surface area contributed by atoms with E-state index in [4.69, 9.17) is 0 Å². The molecule has 6 heteroatoms. The van der Waals surface area contributed by atoms with Crippen LogP contribution < -0.4 is 10.0 Å². The molecule has 0 radical (unpaired) electrons.